The van der Waals surface area contributed by atoms with E-state index >= 15 is 0 Å². The minimum Gasteiger partial charge on any atom is -0.463 e. The second-order valence-electron chi connectivity index (χ2n) is 7.63. The molecule has 2 aliphatic carbocycles. The fourth-order valence-electron chi connectivity index (χ4n) is 5.58. The van der Waals surface area contributed by atoms with Gasteiger partial charge in [-0.1, -0.05) is 13.8 Å². The van der Waals surface area contributed by atoms with Gasteiger partial charge in [0.1, 0.15) is 11.3 Å². The summed E-state index contributed by atoms with van der Waals surface area (Å²) in [4.78, 5) is 12.5. The molecule has 4 atom stereocenters. The van der Waals surface area contributed by atoms with Crippen LogP contribution in [0.2, 0.25) is 0 Å². The molecule has 1 aromatic heterocycles. The Morgan fingerprint density at radius 2 is 2.27 bits per heavy atom. The lowest BCUT2D eigenvalue weighted by molar-refractivity contribution is -0.135. The zero-order valence-corrected chi connectivity index (χ0v) is 13.4. The van der Waals surface area contributed by atoms with Crippen LogP contribution in [0.3, 0.4) is 0 Å². The number of furan rings is 1. The molecule has 3 fully saturated rings. The Labute approximate surface area is 130 Å². The highest BCUT2D eigenvalue weighted by Gasteiger charge is 2.80. The molecule has 3 aliphatic rings. The lowest BCUT2D eigenvalue weighted by Crippen LogP contribution is -2.60. The van der Waals surface area contributed by atoms with Crippen LogP contribution in [0, 0.1) is 16.7 Å². The zero-order valence-electron chi connectivity index (χ0n) is 13.4. The molecule has 4 bridgehead atoms. The van der Waals surface area contributed by atoms with Crippen LogP contribution in [-0.4, -0.2) is 28.7 Å². The van der Waals surface area contributed by atoms with Crippen molar-refractivity contribution in [3.05, 3.63) is 24.2 Å². The standard InChI is InChI=1S/C17H23N3O2/c1-11(13-5-4-8-22-13)19-20-10-15(2)12-6-7-16(15,3)17(20,9-12)14(18)21/h4-5,8,12H,6-7,9-10H2,1-3H3,(H2,18,21)/b19-11-/t12-,15-,16+,17-/m0/s1. The Morgan fingerprint density at radius 3 is 2.86 bits per heavy atom. The van der Waals surface area contributed by atoms with Gasteiger partial charge in [-0.3, -0.25) is 9.80 Å². The predicted molar refractivity (Wildman–Crippen MR) is 83.1 cm³/mol. The summed E-state index contributed by atoms with van der Waals surface area (Å²) in [5.74, 6) is 1.10. The maximum absolute atomic E-state index is 12.5. The molecule has 0 radical (unpaired) electrons. The summed E-state index contributed by atoms with van der Waals surface area (Å²) in [5, 5.41) is 6.73. The van der Waals surface area contributed by atoms with Gasteiger partial charge in [-0.25, -0.2) is 0 Å². The molecule has 0 unspecified atom stereocenters. The van der Waals surface area contributed by atoms with Gasteiger partial charge in [0.25, 0.3) is 0 Å². The molecule has 0 spiro atoms. The number of hydrogen-bond donors (Lipinski definition) is 1. The van der Waals surface area contributed by atoms with Crippen molar-refractivity contribution in [1.29, 1.82) is 0 Å². The van der Waals surface area contributed by atoms with Crippen molar-refractivity contribution in [1.82, 2.24) is 5.01 Å². The number of carbonyl (C=O) groups excluding carboxylic acids is 1. The van der Waals surface area contributed by atoms with Crippen LogP contribution >= 0.6 is 0 Å². The highest BCUT2D eigenvalue weighted by Crippen LogP contribution is 2.75. The number of piperidine rings is 1. The number of hydrogen-bond acceptors (Lipinski definition) is 4. The van der Waals surface area contributed by atoms with Gasteiger partial charge in [-0.05, 0) is 49.7 Å². The fourth-order valence-corrected chi connectivity index (χ4v) is 5.58. The quantitative estimate of drug-likeness (QED) is 0.871. The monoisotopic (exact) mass is 301 g/mol. The maximum atomic E-state index is 12.5. The normalized spacial score (nSPS) is 43.1. The van der Waals surface area contributed by atoms with E-state index < -0.39 is 5.54 Å². The predicted octanol–water partition coefficient (Wildman–Crippen LogP) is 2.37. The van der Waals surface area contributed by atoms with E-state index in [0.29, 0.717) is 5.92 Å². The number of nitrogens with two attached hydrogens (primary N) is 1. The molecule has 2 N–H and O–H groups in total. The molecule has 2 saturated carbocycles. The second-order valence-corrected chi connectivity index (χ2v) is 7.63. The highest BCUT2D eigenvalue weighted by molar-refractivity contribution is 5.96. The Balaban J connectivity index is 1.80. The Morgan fingerprint density at radius 1 is 1.50 bits per heavy atom. The van der Waals surface area contributed by atoms with Gasteiger partial charge in [-0.15, -0.1) is 0 Å². The van der Waals surface area contributed by atoms with E-state index in [1.54, 1.807) is 6.26 Å². The zero-order chi connectivity index (χ0) is 15.8. The van der Waals surface area contributed by atoms with Gasteiger partial charge in [0.2, 0.25) is 5.91 Å². The summed E-state index contributed by atoms with van der Waals surface area (Å²) >= 11 is 0. The first-order chi connectivity index (χ1) is 10.3. The minimum absolute atomic E-state index is 0.0799. The van der Waals surface area contributed by atoms with Crippen molar-refractivity contribution in [2.24, 2.45) is 27.6 Å². The van der Waals surface area contributed by atoms with Gasteiger partial charge < -0.3 is 10.2 Å². The Kier molecular flexibility index (Phi) is 2.48. The summed E-state index contributed by atoms with van der Waals surface area (Å²) in [5.41, 5.74) is 6.10. The molecular formula is C17H23N3O2. The number of nitrogens with zero attached hydrogens (tertiary/aromatic N) is 2. The molecule has 5 heteroatoms. The van der Waals surface area contributed by atoms with Gasteiger partial charge in [-0.2, -0.15) is 5.10 Å². The summed E-state index contributed by atoms with van der Waals surface area (Å²) in [6, 6.07) is 3.73. The fraction of sp³-hybridized carbons (Fsp3) is 0.647. The topological polar surface area (TPSA) is 71.8 Å². The number of primary amides is 1. The first kappa shape index (κ1) is 13.9. The van der Waals surface area contributed by atoms with E-state index in [9.17, 15) is 4.79 Å². The van der Waals surface area contributed by atoms with Crippen molar-refractivity contribution < 1.29 is 9.21 Å². The van der Waals surface area contributed by atoms with Gasteiger partial charge in [0.05, 0.1) is 12.0 Å². The smallest absolute Gasteiger partial charge is 0.245 e. The molecule has 22 heavy (non-hydrogen) atoms. The van der Waals surface area contributed by atoms with E-state index in [1.807, 2.05) is 24.1 Å². The van der Waals surface area contributed by atoms with E-state index in [-0.39, 0.29) is 16.7 Å². The number of amides is 1. The number of hydrazone groups is 1. The van der Waals surface area contributed by atoms with Crippen LogP contribution in [0.5, 0.6) is 0 Å². The second kappa shape index (κ2) is 3.94. The number of rotatable bonds is 3. The molecule has 1 amide bonds. The number of carbonyl (C=O) groups is 1. The van der Waals surface area contributed by atoms with Gasteiger partial charge >= 0.3 is 0 Å². The average Bonchev–Trinajstić information content (AvgIpc) is 3.14. The van der Waals surface area contributed by atoms with Crippen molar-refractivity contribution in [3.8, 4) is 0 Å². The highest BCUT2D eigenvalue weighted by atomic mass is 16.3. The molecule has 118 valence electrons. The Hall–Kier alpha value is -1.78. The van der Waals surface area contributed by atoms with Crippen molar-refractivity contribution in [2.45, 2.75) is 45.6 Å². The molecule has 1 aliphatic heterocycles. The van der Waals surface area contributed by atoms with E-state index in [1.165, 1.54) is 6.42 Å². The van der Waals surface area contributed by atoms with Crippen molar-refractivity contribution in [2.75, 3.05) is 6.54 Å². The summed E-state index contributed by atoms with van der Waals surface area (Å²) in [6.45, 7) is 7.27. The molecule has 1 aromatic rings. The first-order valence-electron chi connectivity index (χ1n) is 8.02. The largest absolute Gasteiger partial charge is 0.463 e. The molecule has 2 heterocycles. The Bertz CT molecular complexity index is 667. The van der Waals surface area contributed by atoms with Crippen molar-refractivity contribution in [3.63, 3.8) is 0 Å². The van der Waals surface area contributed by atoms with Crippen molar-refractivity contribution >= 4 is 11.6 Å². The average molecular weight is 301 g/mol. The van der Waals surface area contributed by atoms with E-state index in [0.717, 1.165) is 30.9 Å². The molecule has 4 rings (SSSR count). The summed E-state index contributed by atoms with van der Waals surface area (Å²) in [6.07, 6.45) is 4.74. The van der Waals surface area contributed by atoms with E-state index in [2.05, 4.69) is 13.8 Å². The third kappa shape index (κ3) is 1.27. The lowest BCUT2D eigenvalue weighted by atomic mass is 9.65. The van der Waals surface area contributed by atoms with Crippen LogP contribution in [0.15, 0.2) is 27.9 Å². The van der Waals surface area contributed by atoms with Crippen LogP contribution in [0.4, 0.5) is 0 Å². The molecule has 0 aromatic carbocycles. The summed E-state index contributed by atoms with van der Waals surface area (Å²) in [7, 11) is 0. The lowest BCUT2D eigenvalue weighted by Gasteiger charge is -2.44. The minimum atomic E-state index is -0.640. The third-order valence-corrected chi connectivity index (χ3v) is 7.08. The van der Waals surface area contributed by atoms with E-state index in [4.69, 9.17) is 15.3 Å². The molecular weight excluding hydrogens is 278 g/mol. The van der Waals surface area contributed by atoms with Gasteiger partial charge in [0, 0.05) is 12.0 Å². The van der Waals surface area contributed by atoms with Crippen LogP contribution < -0.4 is 5.73 Å². The van der Waals surface area contributed by atoms with Crippen LogP contribution in [0.25, 0.3) is 0 Å². The van der Waals surface area contributed by atoms with Crippen LogP contribution in [-0.2, 0) is 4.79 Å². The maximum Gasteiger partial charge on any atom is 0.245 e. The van der Waals surface area contributed by atoms with Crippen LogP contribution in [0.1, 0.15) is 45.8 Å². The summed E-state index contributed by atoms with van der Waals surface area (Å²) < 4.78 is 5.42. The SMILES string of the molecule is C/C(=N/N1C[C@@]2(C)[C@H]3CC[C@@]2(C)[C@@]1(C(N)=O)C3)c1ccco1. The molecule has 1 saturated heterocycles. The third-order valence-electron chi connectivity index (χ3n) is 7.08. The first-order valence-corrected chi connectivity index (χ1v) is 8.02. The molecule has 5 nitrogen and oxygen atoms in total. The van der Waals surface area contributed by atoms with Gasteiger partial charge in [0.15, 0.2) is 0 Å².